The third-order valence-electron chi connectivity index (χ3n) is 3.87. The molecular weight excluding hydrogens is 428 g/mol. The molecule has 0 radical (unpaired) electrons. The molecule has 2 rings (SSSR count). The molecule has 0 aliphatic heterocycles. The van der Waals surface area contributed by atoms with Gasteiger partial charge in [-0.1, -0.05) is 6.08 Å². The Bertz CT molecular complexity index is 904. The van der Waals surface area contributed by atoms with E-state index in [4.69, 9.17) is 19.3 Å². The maximum absolute atomic E-state index is 12.5. The molecule has 0 aliphatic carbocycles. The second-order valence-electron chi connectivity index (χ2n) is 5.76. The van der Waals surface area contributed by atoms with Gasteiger partial charge in [-0.05, 0) is 64.8 Å². The first-order valence-electron chi connectivity index (χ1n) is 8.51. The van der Waals surface area contributed by atoms with E-state index < -0.39 is 5.97 Å². The van der Waals surface area contributed by atoms with Crippen LogP contribution in [0.4, 0.5) is 0 Å². The lowest BCUT2D eigenvalue weighted by molar-refractivity contribution is -0.136. The third-order valence-corrected chi connectivity index (χ3v) is 4.46. The lowest BCUT2D eigenvalue weighted by Crippen LogP contribution is -2.04. The number of allylic oxidation sites excluding steroid dienone is 1. The number of rotatable bonds is 9. The van der Waals surface area contributed by atoms with Crippen LogP contribution in [0.3, 0.4) is 0 Å². The van der Waals surface area contributed by atoms with Gasteiger partial charge in [-0.3, -0.25) is 9.59 Å². The van der Waals surface area contributed by atoms with E-state index in [1.54, 1.807) is 31.4 Å². The molecular formula is C21H21BrO6. The predicted molar refractivity (Wildman–Crippen MR) is 110 cm³/mol. The number of benzene rings is 2. The normalized spacial score (nSPS) is 10.7. The number of ketones is 1. The maximum atomic E-state index is 12.5. The Morgan fingerprint density at radius 3 is 2.43 bits per heavy atom. The fourth-order valence-corrected chi connectivity index (χ4v) is 3.20. The molecule has 0 saturated carbocycles. The van der Waals surface area contributed by atoms with Crippen molar-refractivity contribution in [3.05, 3.63) is 57.6 Å². The van der Waals surface area contributed by atoms with Crippen molar-refractivity contribution in [2.45, 2.75) is 13.3 Å². The summed E-state index contributed by atoms with van der Waals surface area (Å²) in [6.45, 7) is 2.38. The molecule has 0 amide bonds. The van der Waals surface area contributed by atoms with E-state index in [2.05, 4.69) is 15.9 Å². The lowest BCUT2D eigenvalue weighted by atomic mass is 10.0. The summed E-state index contributed by atoms with van der Waals surface area (Å²) in [6, 6.07) is 8.32. The van der Waals surface area contributed by atoms with Gasteiger partial charge >= 0.3 is 5.97 Å². The largest absolute Gasteiger partial charge is 0.496 e. The summed E-state index contributed by atoms with van der Waals surface area (Å²) in [7, 11) is 3.00. The van der Waals surface area contributed by atoms with Crippen molar-refractivity contribution in [3.63, 3.8) is 0 Å². The van der Waals surface area contributed by atoms with Gasteiger partial charge in [-0.15, -0.1) is 0 Å². The number of carbonyl (C=O) groups is 2. The number of carboxylic acids is 1. The van der Waals surface area contributed by atoms with Crippen LogP contribution >= 0.6 is 15.9 Å². The van der Waals surface area contributed by atoms with Gasteiger partial charge in [0.1, 0.15) is 5.75 Å². The van der Waals surface area contributed by atoms with Gasteiger partial charge in [0.2, 0.25) is 0 Å². The Morgan fingerprint density at radius 1 is 1.11 bits per heavy atom. The molecule has 6 nitrogen and oxygen atoms in total. The number of hydrogen-bond acceptors (Lipinski definition) is 5. The van der Waals surface area contributed by atoms with Crippen LogP contribution in [0.1, 0.15) is 28.4 Å². The fraction of sp³-hybridized carbons (Fsp3) is 0.238. The van der Waals surface area contributed by atoms with E-state index in [0.29, 0.717) is 39.5 Å². The minimum atomic E-state index is -0.996. The minimum Gasteiger partial charge on any atom is -0.496 e. The predicted octanol–water partition coefficient (Wildman–Crippen LogP) is 4.39. The number of aliphatic carboxylic acids is 1. The van der Waals surface area contributed by atoms with Gasteiger partial charge < -0.3 is 19.3 Å². The zero-order valence-electron chi connectivity index (χ0n) is 15.8. The molecule has 0 heterocycles. The van der Waals surface area contributed by atoms with Crippen molar-refractivity contribution < 1.29 is 28.9 Å². The molecule has 7 heteroatoms. The van der Waals surface area contributed by atoms with Crippen LogP contribution in [0, 0.1) is 0 Å². The molecule has 0 aliphatic rings. The first kappa shape index (κ1) is 21.5. The van der Waals surface area contributed by atoms with Crippen LogP contribution in [-0.2, 0) is 11.2 Å². The standard InChI is InChI=1S/C21H21BrO6/c1-4-28-21-16(22)9-13(10-19(21)27-3)5-7-17(23)14-6-8-18(26-2)15(11-14)12-20(24)25/h5-11H,4,12H2,1-3H3,(H,24,25)/b7-5+. The average molecular weight is 449 g/mol. The van der Waals surface area contributed by atoms with E-state index >= 15 is 0 Å². The fourth-order valence-electron chi connectivity index (χ4n) is 2.62. The van der Waals surface area contributed by atoms with E-state index in [-0.39, 0.29) is 12.2 Å². The summed E-state index contributed by atoms with van der Waals surface area (Å²) in [5.74, 6) is 0.338. The van der Waals surface area contributed by atoms with Crippen molar-refractivity contribution in [1.29, 1.82) is 0 Å². The highest BCUT2D eigenvalue weighted by atomic mass is 79.9. The van der Waals surface area contributed by atoms with Gasteiger partial charge in [-0.2, -0.15) is 0 Å². The quantitative estimate of drug-likeness (QED) is 0.452. The highest BCUT2D eigenvalue weighted by molar-refractivity contribution is 9.10. The van der Waals surface area contributed by atoms with E-state index in [0.717, 1.165) is 5.56 Å². The lowest BCUT2D eigenvalue weighted by Gasteiger charge is -2.12. The van der Waals surface area contributed by atoms with E-state index in [1.807, 2.05) is 13.0 Å². The summed E-state index contributed by atoms with van der Waals surface area (Å²) in [5, 5.41) is 9.02. The molecule has 0 fully saturated rings. The van der Waals surface area contributed by atoms with Crippen molar-refractivity contribution >= 4 is 33.8 Å². The number of hydrogen-bond donors (Lipinski definition) is 1. The van der Waals surface area contributed by atoms with Crippen LogP contribution in [0.5, 0.6) is 17.2 Å². The molecule has 0 saturated heterocycles. The Labute approximate surface area is 171 Å². The topological polar surface area (TPSA) is 82.1 Å². The second-order valence-corrected chi connectivity index (χ2v) is 6.62. The highest BCUT2D eigenvalue weighted by Crippen LogP contribution is 2.37. The van der Waals surface area contributed by atoms with Gasteiger partial charge in [0.25, 0.3) is 0 Å². The van der Waals surface area contributed by atoms with Gasteiger partial charge in [0.15, 0.2) is 17.3 Å². The van der Waals surface area contributed by atoms with Crippen LogP contribution in [0.2, 0.25) is 0 Å². The van der Waals surface area contributed by atoms with Gasteiger partial charge in [0, 0.05) is 11.1 Å². The molecule has 0 atom stereocenters. The van der Waals surface area contributed by atoms with Crippen molar-refractivity contribution in [2.24, 2.45) is 0 Å². The number of carbonyl (C=O) groups excluding carboxylic acids is 1. The maximum Gasteiger partial charge on any atom is 0.307 e. The zero-order chi connectivity index (χ0) is 20.7. The molecule has 28 heavy (non-hydrogen) atoms. The molecule has 0 aromatic heterocycles. The van der Waals surface area contributed by atoms with Crippen LogP contribution < -0.4 is 14.2 Å². The zero-order valence-corrected chi connectivity index (χ0v) is 17.4. The van der Waals surface area contributed by atoms with Crippen molar-refractivity contribution in [2.75, 3.05) is 20.8 Å². The summed E-state index contributed by atoms with van der Waals surface area (Å²) in [5.41, 5.74) is 1.57. The Hall–Kier alpha value is -2.80. The number of methoxy groups -OCH3 is 2. The highest BCUT2D eigenvalue weighted by Gasteiger charge is 2.13. The smallest absolute Gasteiger partial charge is 0.307 e. The molecule has 148 valence electrons. The average Bonchev–Trinajstić information content (AvgIpc) is 2.67. The van der Waals surface area contributed by atoms with Crippen LogP contribution in [0.15, 0.2) is 40.9 Å². The number of halogens is 1. The van der Waals surface area contributed by atoms with Crippen LogP contribution in [-0.4, -0.2) is 37.7 Å². The first-order valence-corrected chi connectivity index (χ1v) is 9.30. The number of carboxylic acid groups (broad SMARTS) is 1. The summed E-state index contributed by atoms with van der Waals surface area (Å²) < 4.78 is 16.8. The molecule has 2 aromatic rings. The van der Waals surface area contributed by atoms with Crippen LogP contribution in [0.25, 0.3) is 6.08 Å². The summed E-state index contributed by atoms with van der Waals surface area (Å²) in [6.07, 6.45) is 2.86. The molecule has 2 aromatic carbocycles. The Balaban J connectivity index is 2.28. The molecule has 1 N–H and O–H groups in total. The minimum absolute atomic E-state index is 0.225. The first-order chi connectivity index (χ1) is 13.4. The summed E-state index contributed by atoms with van der Waals surface area (Å²) in [4.78, 5) is 23.5. The Morgan fingerprint density at radius 2 is 1.82 bits per heavy atom. The van der Waals surface area contributed by atoms with Gasteiger partial charge in [0.05, 0.1) is 31.7 Å². The SMILES string of the molecule is CCOc1c(Br)cc(/C=C/C(=O)c2ccc(OC)c(CC(=O)O)c2)cc1OC. The molecule has 0 bridgehead atoms. The second kappa shape index (κ2) is 9.94. The third kappa shape index (κ3) is 5.36. The Kier molecular flexibility index (Phi) is 7.63. The van der Waals surface area contributed by atoms with Crippen molar-refractivity contribution in [3.8, 4) is 17.2 Å². The molecule has 0 unspecified atom stereocenters. The number of ether oxygens (including phenoxy) is 3. The van der Waals surface area contributed by atoms with E-state index in [9.17, 15) is 9.59 Å². The summed E-state index contributed by atoms with van der Waals surface area (Å²) >= 11 is 3.45. The monoisotopic (exact) mass is 448 g/mol. The van der Waals surface area contributed by atoms with Gasteiger partial charge in [-0.25, -0.2) is 0 Å². The molecule has 0 spiro atoms. The van der Waals surface area contributed by atoms with Crippen molar-refractivity contribution in [1.82, 2.24) is 0 Å². The van der Waals surface area contributed by atoms with E-state index in [1.165, 1.54) is 19.3 Å².